The minimum absolute atomic E-state index is 0.0793. The molecule has 12 nitrogen and oxygen atoms in total. The maximum atomic E-state index is 13.3. The van der Waals surface area contributed by atoms with Crippen LogP contribution in [-0.4, -0.2) is 39.2 Å². The number of hydrogen-bond acceptors (Lipinski definition) is 9. The van der Waals surface area contributed by atoms with Gasteiger partial charge in [0.05, 0.1) is 9.85 Å². The highest BCUT2D eigenvalue weighted by Gasteiger charge is 2.59. The fraction of sp³-hybridized carbons (Fsp3) is 0.158. The number of carbonyl (C=O) groups is 3. The number of hydrogen-bond donors (Lipinski definition) is 0. The molecule has 2 amide bonds. The van der Waals surface area contributed by atoms with Crippen molar-refractivity contribution in [2.75, 3.05) is 9.91 Å². The Bertz CT molecular complexity index is 1210. The lowest BCUT2D eigenvalue weighted by molar-refractivity contribution is -0.384. The molecule has 0 spiro atoms. The van der Waals surface area contributed by atoms with Crippen molar-refractivity contribution in [2.24, 2.45) is 11.0 Å². The smallest absolute Gasteiger partial charge is 0.293 e. The molecular formula is C19H13N5O7. The van der Waals surface area contributed by atoms with Gasteiger partial charge in [-0.25, -0.2) is 9.91 Å². The molecule has 2 aromatic carbocycles. The number of rotatable bonds is 5. The highest BCUT2D eigenvalue weighted by molar-refractivity contribution is 6.49. The van der Waals surface area contributed by atoms with Crippen LogP contribution >= 0.6 is 0 Å². The molecule has 0 aliphatic carbocycles. The Hall–Kier alpha value is -4.48. The second-order valence-electron chi connectivity index (χ2n) is 6.81. The molecule has 0 saturated carbocycles. The van der Waals surface area contributed by atoms with E-state index < -0.39 is 45.1 Å². The number of ketones is 1. The van der Waals surface area contributed by atoms with Gasteiger partial charge in [-0.15, -0.1) is 0 Å². The van der Waals surface area contributed by atoms with Crippen LogP contribution in [0, 0.1) is 26.1 Å². The Morgan fingerprint density at radius 3 is 1.97 bits per heavy atom. The fourth-order valence-corrected chi connectivity index (χ4v) is 3.76. The first-order chi connectivity index (χ1) is 14.7. The molecule has 2 atom stereocenters. The van der Waals surface area contributed by atoms with E-state index in [0.29, 0.717) is 4.90 Å². The first kappa shape index (κ1) is 19.8. The van der Waals surface area contributed by atoms with Crippen molar-refractivity contribution < 1.29 is 24.2 Å². The van der Waals surface area contributed by atoms with E-state index in [9.17, 15) is 34.6 Å². The van der Waals surface area contributed by atoms with Crippen LogP contribution in [-0.2, 0) is 14.4 Å². The van der Waals surface area contributed by atoms with E-state index in [4.69, 9.17) is 0 Å². The van der Waals surface area contributed by atoms with Gasteiger partial charge < -0.3 is 0 Å². The van der Waals surface area contributed by atoms with Gasteiger partial charge in [-0.05, 0) is 12.1 Å². The van der Waals surface area contributed by atoms with Crippen LogP contribution in [0.25, 0.3) is 0 Å². The van der Waals surface area contributed by atoms with Crippen molar-refractivity contribution in [2.45, 2.75) is 13.0 Å². The van der Waals surface area contributed by atoms with Crippen LogP contribution in [0.5, 0.6) is 0 Å². The number of nitro groups is 2. The molecule has 31 heavy (non-hydrogen) atoms. The van der Waals surface area contributed by atoms with E-state index in [2.05, 4.69) is 5.10 Å². The second-order valence-corrected chi connectivity index (χ2v) is 6.81. The molecule has 156 valence electrons. The second kappa shape index (κ2) is 7.09. The predicted molar refractivity (Wildman–Crippen MR) is 107 cm³/mol. The van der Waals surface area contributed by atoms with E-state index in [0.717, 1.165) is 18.0 Å². The summed E-state index contributed by atoms with van der Waals surface area (Å²) in [5.41, 5.74) is -1.42. The van der Waals surface area contributed by atoms with Crippen LogP contribution < -0.4 is 9.91 Å². The quantitative estimate of drug-likeness (QED) is 0.400. The summed E-state index contributed by atoms with van der Waals surface area (Å²) in [6.45, 7) is 1.16. The van der Waals surface area contributed by atoms with E-state index >= 15 is 0 Å². The summed E-state index contributed by atoms with van der Waals surface area (Å²) in [6.07, 6.45) is 0. The topological polar surface area (TPSA) is 156 Å². The van der Waals surface area contributed by atoms with Gasteiger partial charge in [0.1, 0.15) is 29.0 Å². The molecule has 12 heteroatoms. The molecule has 1 fully saturated rings. The Morgan fingerprint density at radius 1 is 0.903 bits per heavy atom. The molecule has 2 aromatic rings. The summed E-state index contributed by atoms with van der Waals surface area (Å²) in [5.74, 6) is -3.67. The SMILES string of the molecule is CC(=O)C1=NN(c2ccccc2[N+](=O)[O-])[C@H]2C(=O)N(c3ccccc3[N+](=O)[O-])C(=O)[C@H]12. The molecule has 1 saturated heterocycles. The van der Waals surface area contributed by atoms with Gasteiger partial charge in [0.15, 0.2) is 5.78 Å². The summed E-state index contributed by atoms with van der Waals surface area (Å²) in [6, 6.07) is 9.27. The van der Waals surface area contributed by atoms with E-state index in [1.807, 2.05) is 0 Å². The zero-order valence-corrected chi connectivity index (χ0v) is 15.9. The van der Waals surface area contributed by atoms with Crippen molar-refractivity contribution in [3.05, 3.63) is 68.8 Å². The lowest BCUT2D eigenvalue weighted by atomic mass is 9.95. The average Bonchev–Trinajstić information content (AvgIpc) is 3.25. The molecule has 2 heterocycles. The number of hydrazone groups is 1. The molecular weight excluding hydrogens is 410 g/mol. The number of para-hydroxylation sites is 4. The van der Waals surface area contributed by atoms with Crippen molar-refractivity contribution in [1.29, 1.82) is 0 Å². The van der Waals surface area contributed by atoms with Gasteiger partial charge in [-0.2, -0.15) is 5.10 Å². The lowest BCUT2D eigenvalue weighted by Crippen LogP contribution is -2.39. The molecule has 0 radical (unpaired) electrons. The fourth-order valence-electron chi connectivity index (χ4n) is 3.76. The number of fused-ring (bicyclic) bond motifs is 1. The third-order valence-corrected chi connectivity index (χ3v) is 5.05. The summed E-state index contributed by atoms with van der Waals surface area (Å²) < 4.78 is 0. The van der Waals surface area contributed by atoms with Gasteiger partial charge >= 0.3 is 0 Å². The highest BCUT2D eigenvalue weighted by Crippen LogP contribution is 2.42. The Labute approximate surface area is 173 Å². The molecule has 0 N–H and O–H groups in total. The van der Waals surface area contributed by atoms with E-state index in [-0.39, 0.29) is 22.8 Å². The monoisotopic (exact) mass is 423 g/mol. The van der Waals surface area contributed by atoms with Crippen molar-refractivity contribution in [3.63, 3.8) is 0 Å². The van der Waals surface area contributed by atoms with Crippen LogP contribution in [0.2, 0.25) is 0 Å². The van der Waals surface area contributed by atoms with Gasteiger partial charge in [-0.1, -0.05) is 24.3 Å². The van der Waals surface area contributed by atoms with Crippen molar-refractivity contribution >= 4 is 46.1 Å². The Kier molecular flexibility index (Phi) is 4.53. The summed E-state index contributed by atoms with van der Waals surface area (Å²) in [4.78, 5) is 60.7. The summed E-state index contributed by atoms with van der Waals surface area (Å²) >= 11 is 0. The van der Waals surface area contributed by atoms with E-state index in [1.165, 1.54) is 42.5 Å². The number of anilines is 2. The normalized spacial score (nSPS) is 20.0. The highest BCUT2D eigenvalue weighted by atomic mass is 16.6. The molecule has 0 bridgehead atoms. The molecule has 4 rings (SSSR count). The first-order valence-electron chi connectivity index (χ1n) is 8.97. The number of Topliss-reactive ketones (excluding diaryl/α,β-unsaturated/α-hetero) is 1. The first-order valence-corrected chi connectivity index (χ1v) is 8.97. The molecule has 2 aliphatic heterocycles. The zero-order chi connectivity index (χ0) is 22.4. The van der Waals surface area contributed by atoms with Gasteiger partial charge in [-0.3, -0.25) is 34.6 Å². The van der Waals surface area contributed by atoms with E-state index in [1.54, 1.807) is 0 Å². The zero-order valence-electron chi connectivity index (χ0n) is 15.9. The van der Waals surface area contributed by atoms with Gasteiger partial charge in [0, 0.05) is 19.1 Å². The van der Waals surface area contributed by atoms with Gasteiger partial charge in [0.25, 0.3) is 17.3 Å². The van der Waals surface area contributed by atoms with Crippen LogP contribution in [0.3, 0.4) is 0 Å². The van der Waals surface area contributed by atoms with Crippen LogP contribution in [0.4, 0.5) is 22.7 Å². The predicted octanol–water partition coefficient (Wildman–Crippen LogP) is 1.83. The minimum Gasteiger partial charge on any atom is -0.293 e. The average molecular weight is 423 g/mol. The van der Waals surface area contributed by atoms with Crippen molar-refractivity contribution in [1.82, 2.24) is 0 Å². The maximum absolute atomic E-state index is 13.3. The molecule has 2 aliphatic rings. The largest absolute Gasteiger partial charge is 0.294 e. The minimum atomic E-state index is -1.38. The van der Waals surface area contributed by atoms with Crippen molar-refractivity contribution in [3.8, 4) is 0 Å². The number of nitro benzene ring substituents is 2. The standard InChI is InChI=1S/C19H13N5O7/c1-10(25)16-15-17(22(20-16)12-7-3-5-9-14(12)24(30)31)19(27)21(18(15)26)11-6-2-4-8-13(11)23(28)29/h2-9,15,17H,1H3/t15-,17-/m1/s1. The Balaban J connectivity index is 1.88. The third-order valence-electron chi connectivity index (χ3n) is 5.05. The van der Waals surface area contributed by atoms with Crippen LogP contribution in [0.15, 0.2) is 53.6 Å². The lowest BCUT2D eigenvalue weighted by Gasteiger charge is -2.21. The summed E-state index contributed by atoms with van der Waals surface area (Å²) in [5, 5.41) is 27.9. The van der Waals surface area contributed by atoms with Crippen LogP contribution in [0.1, 0.15) is 6.92 Å². The maximum Gasteiger partial charge on any atom is 0.294 e. The molecule has 0 aromatic heterocycles. The number of carbonyl (C=O) groups excluding carboxylic acids is 3. The molecule has 0 unspecified atom stereocenters. The summed E-state index contributed by atoms with van der Waals surface area (Å²) in [7, 11) is 0. The Morgan fingerprint density at radius 2 is 1.42 bits per heavy atom. The number of imide groups is 1. The van der Waals surface area contributed by atoms with Gasteiger partial charge in [0.2, 0.25) is 5.91 Å². The number of amides is 2. The number of nitrogens with zero attached hydrogens (tertiary/aromatic N) is 5. The third kappa shape index (κ3) is 2.92. The number of benzene rings is 2.